The van der Waals surface area contributed by atoms with Crippen LogP contribution in [-0.4, -0.2) is 53.3 Å². The fourth-order valence-electron chi connectivity index (χ4n) is 2.88. The van der Waals surface area contributed by atoms with Crippen LogP contribution in [0.2, 0.25) is 0 Å². The van der Waals surface area contributed by atoms with Crippen LogP contribution >= 0.6 is 0 Å². The van der Waals surface area contributed by atoms with Gasteiger partial charge in [-0.25, -0.2) is 5.84 Å². The molecule has 6 heteroatoms. The molecule has 0 aliphatic carbocycles. The molecule has 6 nitrogen and oxygen atoms in total. The third-order valence-corrected chi connectivity index (χ3v) is 4.10. The number of hydrogen-bond acceptors (Lipinski definition) is 4. The van der Waals surface area contributed by atoms with Crippen molar-refractivity contribution in [1.82, 2.24) is 15.2 Å². The van der Waals surface area contributed by atoms with Crippen molar-refractivity contribution in [3.63, 3.8) is 0 Å². The van der Waals surface area contributed by atoms with E-state index in [1.807, 2.05) is 4.90 Å². The van der Waals surface area contributed by atoms with Gasteiger partial charge in [0, 0.05) is 44.6 Å². The average Bonchev–Trinajstić information content (AvgIpc) is 2.76. The molecule has 2 heterocycles. The number of nitrogens with two attached hydrogens (primary N) is 1. The fraction of sp³-hybridized carbons (Fsp3) is 0.833. The first-order chi connectivity index (χ1) is 8.61. The van der Waals surface area contributed by atoms with Crippen molar-refractivity contribution in [3.8, 4) is 0 Å². The maximum Gasteiger partial charge on any atom is 0.233 e. The van der Waals surface area contributed by atoms with Gasteiger partial charge in [0.2, 0.25) is 11.8 Å². The lowest BCUT2D eigenvalue weighted by molar-refractivity contribution is -0.131. The molecule has 2 unspecified atom stereocenters. The van der Waals surface area contributed by atoms with Crippen molar-refractivity contribution >= 4 is 11.8 Å². The molecule has 102 valence electrons. The molecule has 2 aliphatic heterocycles. The molecule has 0 aromatic rings. The molecule has 0 spiro atoms. The van der Waals surface area contributed by atoms with Crippen LogP contribution in [0.25, 0.3) is 0 Å². The second kappa shape index (κ2) is 5.67. The number of carbonyl (C=O) groups excluding carboxylic acids is 2. The molecule has 2 saturated heterocycles. The molecular formula is C12H22N4O2. The SMILES string of the molecule is CC(CCC(=O)NN)N1CCN2C(=O)CCC2C1. The normalized spacial score (nSPS) is 26.0. The molecule has 0 aromatic heterocycles. The summed E-state index contributed by atoms with van der Waals surface area (Å²) in [4.78, 5) is 27.1. The van der Waals surface area contributed by atoms with Gasteiger partial charge in [-0.05, 0) is 19.8 Å². The predicted octanol–water partition coefficient (Wildman–Crippen LogP) is -0.548. The van der Waals surface area contributed by atoms with Crippen molar-refractivity contribution < 1.29 is 9.59 Å². The third kappa shape index (κ3) is 2.81. The van der Waals surface area contributed by atoms with Crippen LogP contribution in [0.5, 0.6) is 0 Å². The van der Waals surface area contributed by atoms with Crippen LogP contribution in [0.1, 0.15) is 32.6 Å². The summed E-state index contributed by atoms with van der Waals surface area (Å²) in [5, 5.41) is 0. The van der Waals surface area contributed by atoms with Gasteiger partial charge in [-0.3, -0.25) is 19.9 Å². The molecule has 0 saturated carbocycles. The molecule has 0 radical (unpaired) electrons. The fourth-order valence-corrected chi connectivity index (χ4v) is 2.88. The van der Waals surface area contributed by atoms with Gasteiger partial charge in [0.05, 0.1) is 0 Å². The second-order valence-corrected chi connectivity index (χ2v) is 5.23. The largest absolute Gasteiger partial charge is 0.337 e. The summed E-state index contributed by atoms with van der Waals surface area (Å²) in [5.41, 5.74) is 2.16. The first-order valence-electron chi connectivity index (χ1n) is 6.64. The van der Waals surface area contributed by atoms with E-state index in [0.717, 1.165) is 32.5 Å². The summed E-state index contributed by atoms with van der Waals surface area (Å²) in [7, 11) is 0. The van der Waals surface area contributed by atoms with Crippen LogP contribution in [0.3, 0.4) is 0 Å². The highest BCUT2D eigenvalue weighted by molar-refractivity contribution is 5.79. The molecule has 18 heavy (non-hydrogen) atoms. The number of nitrogens with zero attached hydrogens (tertiary/aromatic N) is 2. The van der Waals surface area contributed by atoms with E-state index in [9.17, 15) is 9.59 Å². The first-order valence-corrected chi connectivity index (χ1v) is 6.64. The van der Waals surface area contributed by atoms with Crippen LogP contribution in [-0.2, 0) is 9.59 Å². The third-order valence-electron chi connectivity index (χ3n) is 4.10. The van der Waals surface area contributed by atoms with E-state index in [0.29, 0.717) is 30.8 Å². The molecule has 3 N–H and O–H groups in total. The summed E-state index contributed by atoms with van der Waals surface area (Å²) in [6.07, 6.45) is 2.94. The Hall–Kier alpha value is -1.14. The Labute approximate surface area is 107 Å². The Kier molecular flexibility index (Phi) is 4.19. The number of hydrazine groups is 1. The van der Waals surface area contributed by atoms with Crippen LogP contribution in [0, 0.1) is 0 Å². The monoisotopic (exact) mass is 254 g/mol. The molecule has 2 atom stereocenters. The Bertz CT molecular complexity index is 334. The minimum Gasteiger partial charge on any atom is -0.337 e. The highest BCUT2D eigenvalue weighted by Gasteiger charge is 2.36. The van der Waals surface area contributed by atoms with E-state index in [-0.39, 0.29) is 5.91 Å². The number of rotatable bonds is 4. The van der Waals surface area contributed by atoms with Crippen molar-refractivity contribution in [2.45, 2.75) is 44.7 Å². The van der Waals surface area contributed by atoms with Crippen LogP contribution in [0.4, 0.5) is 0 Å². The van der Waals surface area contributed by atoms with Crippen molar-refractivity contribution in [3.05, 3.63) is 0 Å². The Morgan fingerprint density at radius 3 is 3.06 bits per heavy atom. The van der Waals surface area contributed by atoms with Gasteiger partial charge in [0.15, 0.2) is 0 Å². The van der Waals surface area contributed by atoms with E-state index in [1.54, 1.807) is 0 Å². The number of fused-ring (bicyclic) bond motifs is 1. The number of carbonyl (C=O) groups is 2. The lowest BCUT2D eigenvalue weighted by Gasteiger charge is -2.40. The zero-order chi connectivity index (χ0) is 13.1. The average molecular weight is 254 g/mol. The van der Waals surface area contributed by atoms with Gasteiger partial charge < -0.3 is 4.90 Å². The predicted molar refractivity (Wildman–Crippen MR) is 67.3 cm³/mol. The quantitative estimate of drug-likeness (QED) is 0.401. The van der Waals surface area contributed by atoms with Gasteiger partial charge in [0.25, 0.3) is 0 Å². The summed E-state index contributed by atoms with van der Waals surface area (Å²) >= 11 is 0. The first kappa shape index (κ1) is 13.3. The molecular weight excluding hydrogens is 232 g/mol. The Morgan fingerprint density at radius 2 is 2.33 bits per heavy atom. The smallest absolute Gasteiger partial charge is 0.233 e. The van der Waals surface area contributed by atoms with Gasteiger partial charge in [-0.15, -0.1) is 0 Å². The zero-order valence-corrected chi connectivity index (χ0v) is 10.9. The minimum absolute atomic E-state index is 0.114. The van der Waals surface area contributed by atoms with E-state index in [1.165, 1.54) is 0 Å². The Balaban J connectivity index is 1.80. The maximum atomic E-state index is 11.6. The summed E-state index contributed by atoms with van der Waals surface area (Å²) in [5.74, 6) is 5.25. The number of piperazine rings is 1. The highest BCUT2D eigenvalue weighted by Crippen LogP contribution is 2.24. The zero-order valence-electron chi connectivity index (χ0n) is 10.9. The minimum atomic E-state index is -0.114. The summed E-state index contributed by atoms with van der Waals surface area (Å²) in [6.45, 7) is 4.82. The van der Waals surface area contributed by atoms with E-state index in [2.05, 4.69) is 17.2 Å². The summed E-state index contributed by atoms with van der Waals surface area (Å²) in [6, 6.07) is 0.747. The molecule has 2 fully saturated rings. The number of hydrogen-bond donors (Lipinski definition) is 2. The molecule has 0 aromatic carbocycles. The topological polar surface area (TPSA) is 78.7 Å². The van der Waals surface area contributed by atoms with Gasteiger partial charge in [-0.1, -0.05) is 0 Å². The van der Waals surface area contributed by atoms with E-state index in [4.69, 9.17) is 5.84 Å². The lowest BCUT2D eigenvalue weighted by Crippen LogP contribution is -2.54. The highest BCUT2D eigenvalue weighted by atomic mass is 16.2. The van der Waals surface area contributed by atoms with E-state index < -0.39 is 0 Å². The number of nitrogens with one attached hydrogen (secondary N) is 1. The number of amides is 2. The second-order valence-electron chi connectivity index (χ2n) is 5.23. The van der Waals surface area contributed by atoms with Crippen molar-refractivity contribution in [2.24, 2.45) is 5.84 Å². The van der Waals surface area contributed by atoms with Gasteiger partial charge in [-0.2, -0.15) is 0 Å². The van der Waals surface area contributed by atoms with Crippen molar-refractivity contribution in [2.75, 3.05) is 19.6 Å². The molecule has 2 amide bonds. The molecule has 0 bridgehead atoms. The summed E-state index contributed by atoms with van der Waals surface area (Å²) < 4.78 is 0. The Morgan fingerprint density at radius 1 is 1.56 bits per heavy atom. The maximum absolute atomic E-state index is 11.6. The van der Waals surface area contributed by atoms with Crippen LogP contribution < -0.4 is 11.3 Å². The molecule has 2 aliphatic rings. The standard InChI is InChI=1S/C12H22N4O2/c1-9(2-4-11(17)14-13)15-6-7-16-10(8-15)3-5-12(16)18/h9-10H,2-8,13H2,1H3,(H,14,17). The van der Waals surface area contributed by atoms with Crippen molar-refractivity contribution in [1.29, 1.82) is 0 Å². The van der Waals surface area contributed by atoms with E-state index >= 15 is 0 Å². The lowest BCUT2D eigenvalue weighted by atomic mass is 10.1. The van der Waals surface area contributed by atoms with Gasteiger partial charge in [0.1, 0.15) is 0 Å². The molecule has 2 rings (SSSR count). The van der Waals surface area contributed by atoms with Gasteiger partial charge >= 0.3 is 0 Å². The van der Waals surface area contributed by atoms with Crippen LogP contribution in [0.15, 0.2) is 0 Å².